The summed E-state index contributed by atoms with van der Waals surface area (Å²) in [4.78, 5) is 12.0. The maximum atomic E-state index is 12.0. The molecule has 1 rings (SSSR count). The van der Waals surface area contributed by atoms with Crippen LogP contribution in [-0.2, 0) is 4.79 Å². The molecular weight excluding hydrogens is 220 g/mol. The number of hydrogen-bond donors (Lipinski definition) is 0. The van der Waals surface area contributed by atoms with E-state index in [9.17, 15) is 4.79 Å². The number of hydrogen-bond acceptors (Lipinski definition) is 1. The molecule has 0 radical (unpaired) electrons. The number of carbonyl (C=O) groups is 1. The molecule has 0 aromatic heterocycles. The van der Waals surface area contributed by atoms with Crippen LogP contribution in [0.1, 0.15) is 66.2 Å². The van der Waals surface area contributed by atoms with E-state index in [-0.39, 0.29) is 0 Å². The van der Waals surface area contributed by atoms with E-state index in [1.807, 2.05) is 0 Å². The number of Topliss-reactive ketones (excluding diaryl/α,β-unsaturated/α-hetero) is 1. The van der Waals surface area contributed by atoms with Crippen LogP contribution in [-0.4, -0.2) is 5.78 Å². The summed E-state index contributed by atoms with van der Waals surface area (Å²) in [6.45, 7) is 8.55. The molecule has 1 saturated carbocycles. The normalized spacial score (nSPS) is 25.1. The fraction of sp³-hybridized carbons (Fsp3) is 0.706. The van der Waals surface area contributed by atoms with Gasteiger partial charge in [0, 0.05) is 11.8 Å². The van der Waals surface area contributed by atoms with Gasteiger partial charge in [0.15, 0.2) is 0 Å². The molecular formula is C17H28O. The molecule has 0 saturated heterocycles. The van der Waals surface area contributed by atoms with Crippen molar-refractivity contribution >= 4 is 5.78 Å². The smallest absolute Gasteiger partial charge is 0.139 e. The van der Waals surface area contributed by atoms with E-state index in [1.165, 1.54) is 17.6 Å². The van der Waals surface area contributed by atoms with Crippen molar-refractivity contribution in [1.29, 1.82) is 0 Å². The highest BCUT2D eigenvalue weighted by Crippen LogP contribution is 2.28. The van der Waals surface area contributed by atoms with Gasteiger partial charge < -0.3 is 0 Å². The van der Waals surface area contributed by atoms with Gasteiger partial charge in [-0.15, -0.1) is 0 Å². The molecule has 0 heterocycles. The van der Waals surface area contributed by atoms with Gasteiger partial charge in [0.25, 0.3) is 0 Å². The van der Waals surface area contributed by atoms with Crippen molar-refractivity contribution in [1.82, 2.24) is 0 Å². The second-order valence-corrected chi connectivity index (χ2v) is 6.04. The monoisotopic (exact) mass is 248 g/mol. The van der Waals surface area contributed by atoms with E-state index < -0.39 is 0 Å². The van der Waals surface area contributed by atoms with Crippen molar-refractivity contribution in [3.63, 3.8) is 0 Å². The Morgan fingerprint density at radius 2 is 1.94 bits per heavy atom. The van der Waals surface area contributed by atoms with Crippen LogP contribution in [0.25, 0.3) is 0 Å². The van der Waals surface area contributed by atoms with Crippen molar-refractivity contribution in [3.05, 3.63) is 23.3 Å². The van der Waals surface area contributed by atoms with Gasteiger partial charge in [-0.2, -0.15) is 0 Å². The van der Waals surface area contributed by atoms with Crippen molar-refractivity contribution in [3.8, 4) is 0 Å². The standard InChI is InChI=1S/C17H28O/c1-13(2)7-5-8-14(3)11-12-16-10-6-9-15(4)17(16)18/h7,11,15-16H,5-6,8-10,12H2,1-4H3/b14-11-/t15-,16+/m1/s1. The molecule has 0 amide bonds. The van der Waals surface area contributed by atoms with Crippen molar-refractivity contribution in [2.45, 2.75) is 66.2 Å². The van der Waals surface area contributed by atoms with Crippen LogP contribution in [0.4, 0.5) is 0 Å². The van der Waals surface area contributed by atoms with E-state index in [4.69, 9.17) is 0 Å². The molecule has 0 N–H and O–H groups in total. The highest BCUT2D eigenvalue weighted by atomic mass is 16.1. The van der Waals surface area contributed by atoms with Crippen LogP contribution in [0.15, 0.2) is 23.3 Å². The third kappa shape index (κ3) is 5.20. The lowest BCUT2D eigenvalue weighted by Gasteiger charge is -2.24. The Balaban J connectivity index is 2.38. The SMILES string of the molecule is CC(C)=CCC/C(C)=C\C[C@@H]1CCC[C@@H](C)C1=O. The lowest BCUT2D eigenvalue weighted by Crippen LogP contribution is -2.26. The van der Waals surface area contributed by atoms with Crippen LogP contribution in [0.3, 0.4) is 0 Å². The molecule has 1 heteroatoms. The van der Waals surface area contributed by atoms with Gasteiger partial charge >= 0.3 is 0 Å². The highest BCUT2D eigenvalue weighted by Gasteiger charge is 2.26. The maximum Gasteiger partial charge on any atom is 0.139 e. The lowest BCUT2D eigenvalue weighted by atomic mass is 9.79. The Hall–Kier alpha value is -0.850. The van der Waals surface area contributed by atoms with E-state index in [1.54, 1.807) is 0 Å². The number of allylic oxidation sites excluding steroid dienone is 4. The first-order valence-corrected chi connectivity index (χ1v) is 7.33. The Labute approximate surface area is 112 Å². The summed E-state index contributed by atoms with van der Waals surface area (Å²) in [5.74, 6) is 1.09. The van der Waals surface area contributed by atoms with Crippen molar-refractivity contribution in [2.75, 3.05) is 0 Å². The summed E-state index contributed by atoms with van der Waals surface area (Å²) >= 11 is 0. The molecule has 1 fully saturated rings. The number of ketones is 1. The van der Waals surface area contributed by atoms with E-state index in [2.05, 4.69) is 39.8 Å². The summed E-state index contributed by atoms with van der Waals surface area (Å²) < 4.78 is 0. The average molecular weight is 248 g/mol. The minimum atomic E-state index is 0.295. The first-order valence-electron chi connectivity index (χ1n) is 7.33. The fourth-order valence-corrected chi connectivity index (χ4v) is 2.63. The van der Waals surface area contributed by atoms with Gasteiger partial charge in [-0.25, -0.2) is 0 Å². The molecule has 102 valence electrons. The zero-order valence-corrected chi connectivity index (χ0v) is 12.5. The Morgan fingerprint density at radius 3 is 2.61 bits per heavy atom. The molecule has 0 bridgehead atoms. The summed E-state index contributed by atoms with van der Waals surface area (Å²) in [6, 6.07) is 0. The van der Waals surface area contributed by atoms with Gasteiger partial charge in [-0.05, 0) is 52.9 Å². The second-order valence-electron chi connectivity index (χ2n) is 6.04. The van der Waals surface area contributed by atoms with Crippen molar-refractivity contribution in [2.24, 2.45) is 11.8 Å². The summed E-state index contributed by atoms with van der Waals surface area (Å²) in [7, 11) is 0. The third-order valence-electron chi connectivity index (χ3n) is 3.92. The van der Waals surface area contributed by atoms with Gasteiger partial charge in [-0.1, -0.05) is 36.6 Å². The summed E-state index contributed by atoms with van der Waals surface area (Å²) in [5.41, 5.74) is 2.82. The molecule has 18 heavy (non-hydrogen) atoms. The molecule has 0 unspecified atom stereocenters. The second kappa shape index (κ2) is 7.56. The highest BCUT2D eigenvalue weighted by molar-refractivity contribution is 5.83. The third-order valence-corrected chi connectivity index (χ3v) is 3.92. The summed E-state index contributed by atoms with van der Waals surface area (Å²) in [6.07, 6.45) is 11.2. The molecule has 2 atom stereocenters. The van der Waals surface area contributed by atoms with Gasteiger partial charge in [-0.3, -0.25) is 4.79 Å². The predicted molar refractivity (Wildman–Crippen MR) is 78.6 cm³/mol. The van der Waals surface area contributed by atoms with E-state index in [0.29, 0.717) is 17.6 Å². The van der Waals surface area contributed by atoms with Gasteiger partial charge in [0.2, 0.25) is 0 Å². The van der Waals surface area contributed by atoms with Crippen LogP contribution in [0.2, 0.25) is 0 Å². The first-order chi connectivity index (χ1) is 8.50. The Kier molecular flexibility index (Phi) is 6.38. The molecule has 0 aromatic rings. The topological polar surface area (TPSA) is 17.1 Å². The number of rotatable bonds is 5. The zero-order chi connectivity index (χ0) is 13.5. The van der Waals surface area contributed by atoms with Crippen LogP contribution >= 0.6 is 0 Å². The maximum absolute atomic E-state index is 12.0. The molecule has 1 aliphatic carbocycles. The Morgan fingerprint density at radius 1 is 1.22 bits per heavy atom. The summed E-state index contributed by atoms with van der Waals surface area (Å²) in [5, 5.41) is 0. The van der Waals surface area contributed by atoms with Gasteiger partial charge in [0.1, 0.15) is 5.78 Å². The fourth-order valence-electron chi connectivity index (χ4n) is 2.63. The molecule has 0 aliphatic heterocycles. The predicted octanol–water partition coefficient (Wildman–Crippen LogP) is 5.07. The molecule has 0 spiro atoms. The molecule has 1 aliphatic rings. The Bertz CT molecular complexity index is 332. The first kappa shape index (κ1) is 15.2. The lowest BCUT2D eigenvalue weighted by molar-refractivity contribution is -0.128. The van der Waals surface area contributed by atoms with E-state index in [0.717, 1.165) is 32.1 Å². The minimum Gasteiger partial charge on any atom is -0.299 e. The van der Waals surface area contributed by atoms with Gasteiger partial charge in [0.05, 0.1) is 0 Å². The van der Waals surface area contributed by atoms with E-state index >= 15 is 0 Å². The molecule has 0 aromatic carbocycles. The van der Waals surface area contributed by atoms with Crippen LogP contribution in [0, 0.1) is 11.8 Å². The van der Waals surface area contributed by atoms with Crippen molar-refractivity contribution < 1.29 is 4.79 Å². The molecule has 1 nitrogen and oxygen atoms in total. The zero-order valence-electron chi connectivity index (χ0n) is 12.5. The number of carbonyl (C=O) groups excluding carboxylic acids is 1. The minimum absolute atomic E-state index is 0.295. The quantitative estimate of drug-likeness (QED) is 0.620. The average Bonchev–Trinajstić information content (AvgIpc) is 2.30. The largest absolute Gasteiger partial charge is 0.299 e. The van der Waals surface area contributed by atoms with Crippen LogP contribution in [0.5, 0.6) is 0 Å². The van der Waals surface area contributed by atoms with Crippen LogP contribution < -0.4 is 0 Å².